The first-order valence-electron chi connectivity index (χ1n) is 10.2. The van der Waals surface area contributed by atoms with Crippen molar-refractivity contribution in [2.75, 3.05) is 33.7 Å². The van der Waals surface area contributed by atoms with E-state index in [1.54, 1.807) is 19.0 Å². The zero-order chi connectivity index (χ0) is 22.4. The van der Waals surface area contributed by atoms with Crippen molar-refractivity contribution in [3.8, 4) is 0 Å². The van der Waals surface area contributed by atoms with Crippen molar-refractivity contribution in [1.82, 2.24) is 20.4 Å². The van der Waals surface area contributed by atoms with E-state index in [4.69, 9.17) is 9.47 Å². The summed E-state index contributed by atoms with van der Waals surface area (Å²) in [5.41, 5.74) is -1.39. The Morgan fingerprint density at radius 3 is 2.33 bits per heavy atom. The molecule has 1 fully saturated rings. The van der Waals surface area contributed by atoms with Gasteiger partial charge in [0.2, 0.25) is 5.91 Å². The molecule has 0 radical (unpaired) electrons. The van der Waals surface area contributed by atoms with Gasteiger partial charge in [-0.25, -0.2) is 9.79 Å². The van der Waals surface area contributed by atoms with Crippen LogP contribution in [-0.4, -0.2) is 85.0 Å². The van der Waals surface area contributed by atoms with E-state index in [1.165, 1.54) is 4.90 Å². The van der Waals surface area contributed by atoms with Crippen LogP contribution in [0.2, 0.25) is 0 Å². The van der Waals surface area contributed by atoms with E-state index >= 15 is 0 Å². The van der Waals surface area contributed by atoms with E-state index in [-0.39, 0.29) is 48.6 Å². The number of halogens is 1. The maximum atomic E-state index is 12.8. The molecule has 30 heavy (non-hydrogen) atoms. The fraction of sp³-hybridized carbons (Fsp3) is 0.850. The van der Waals surface area contributed by atoms with Gasteiger partial charge in [0.25, 0.3) is 0 Å². The van der Waals surface area contributed by atoms with Crippen LogP contribution in [-0.2, 0) is 14.3 Å². The first kappa shape index (κ1) is 28.7. The molecule has 2 unspecified atom stereocenters. The molecule has 1 rings (SSSR count). The molecule has 2 atom stereocenters. The first-order chi connectivity index (χ1) is 13.3. The second kappa shape index (κ2) is 11.9. The second-order valence-corrected chi connectivity index (χ2v) is 8.95. The van der Waals surface area contributed by atoms with Crippen LogP contribution in [0.15, 0.2) is 4.99 Å². The Bertz CT molecular complexity index is 604. The molecule has 0 bridgehead atoms. The van der Waals surface area contributed by atoms with Crippen LogP contribution in [0.1, 0.15) is 54.9 Å². The standard InChI is InChI=1S/C20H39N5O4.HI/c1-10-11-21-17(23-13-16(26)24(8)9)22-12-15-14(2)28-20(6,7)25(15)18(27)29-19(3,4)5;/h14-15H,10-13H2,1-9H3,(H2,21,22,23);1H. The fourth-order valence-corrected chi connectivity index (χ4v) is 3.03. The number of nitrogens with zero attached hydrogens (tertiary/aromatic N) is 3. The Labute approximate surface area is 198 Å². The predicted octanol–water partition coefficient (Wildman–Crippen LogP) is 2.40. The summed E-state index contributed by atoms with van der Waals surface area (Å²) in [6, 6.07) is -0.252. The normalized spacial score (nSPS) is 21.0. The van der Waals surface area contributed by atoms with Crippen LogP contribution >= 0.6 is 24.0 Å². The van der Waals surface area contributed by atoms with Crippen molar-refractivity contribution in [3.63, 3.8) is 0 Å². The third kappa shape index (κ3) is 8.83. The minimum atomic E-state index is -0.789. The van der Waals surface area contributed by atoms with Gasteiger partial charge >= 0.3 is 6.09 Å². The largest absolute Gasteiger partial charge is 0.444 e. The monoisotopic (exact) mass is 541 g/mol. The highest BCUT2D eigenvalue weighted by Gasteiger charge is 2.49. The van der Waals surface area contributed by atoms with Gasteiger partial charge in [0.05, 0.1) is 12.1 Å². The first-order valence-corrected chi connectivity index (χ1v) is 10.2. The zero-order valence-corrected chi connectivity index (χ0v) is 22.2. The predicted molar refractivity (Wildman–Crippen MR) is 129 cm³/mol. The maximum absolute atomic E-state index is 12.8. The number of hydrogen-bond acceptors (Lipinski definition) is 5. The van der Waals surface area contributed by atoms with Crippen molar-refractivity contribution in [1.29, 1.82) is 0 Å². The van der Waals surface area contributed by atoms with Crippen LogP contribution in [0.5, 0.6) is 0 Å². The molecule has 1 saturated heterocycles. The van der Waals surface area contributed by atoms with Gasteiger partial charge in [0, 0.05) is 27.2 Å². The number of amides is 2. The van der Waals surface area contributed by atoms with Crippen molar-refractivity contribution < 1.29 is 19.1 Å². The van der Waals surface area contributed by atoms with Gasteiger partial charge in [0.15, 0.2) is 5.96 Å². The van der Waals surface area contributed by atoms with Gasteiger partial charge in [-0.1, -0.05) is 6.92 Å². The van der Waals surface area contributed by atoms with E-state index in [1.807, 2.05) is 41.5 Å². The Kier molecular flexibility index (Phi) is 11.4. The van der Waals surface area contributed by atoms with E-state index in [0.29, 0.717) is 12.5 Å². The van der Waals surface area contributed by atoms with E-state index in [9.17, 15) is 9.59 Å². The molecule has 1 heterocycles. The molecule has 9 nitrogen and oxygen atoms in total. The molecule has 0 spiro atoms. The molecule has 0 aliphatic carbocycles. The molecule has 0 aromatic carbocycles. The summed E-state index contributed by atoms with van der Waals surface area (Å²) >= 11 is 0. The Morgan fingerprint density at radius 2 is 1.83 bits per heavy atom. The molecule has 10 heteroatoms. The van der Waals surface area contributed by atoms with Crippen LogP contribution < -0.4 is 10.6 Å². The number of ether oxygens (including phenoxy) is 2. The van der Waals surface area contributed by atoms with E-state index in [0.717, 1.165) is 13.0 Å². The van der Waals surface area contributed by atoms with Crippen LogP contribution in [0.3, 0.4) is 0 Å². The average molecular weight is 541 g/mol. The summed E-state index contributed by atoms with van der Waals surface area (Å²) in [5.74, 6) is 0.444. The highest BCUT2D eigenvalue weighted by atomic mass is 127. The molecule has 1 aliphatic rings. The molecular weight excluding hydrogens is 501 g/mol. The van der Waals surface area contributed by atoms with Crippen molar-refractivity contribution >= 4 is 41.9 Å². The lowest BCUT2D eigenvalue weighted by Crippen LogP contribution is -2.54. The number of rotatable bonds is 6. The minimum absolute atomic E-state index is 0. The molecule has 176 valence electrons. The van der Waals surface area contributed by atoms with Gasteiger partial charge in [-0.2, -0.15) is 0 Å². The number of carbonyl (C=O) groups is 2. The van der Waals surface area contributed by atoms with Crippen LogP contribution in [0.4, 0.5) is 4.79 Å². The average Bonchev–Trinajstić information content (AvgIpc) is 2.80. The van der Waals surface area contributed by atoms with E-state index < -0.39 is 17.4 Å². The molecule has 2 N–H and O–H groups in total. The Morgan fingerprint density at radius 1 is 1.23 bits per heavy atom. The van der Waals surface area contributed by atoms with Crippen LogP contribution in [0.25, 0.3) is 0 Å². The summed E-state index contributed by atoms with van der Waals surface area (Å²) in [5, 5.41) is 6.44. The highest BCUT2D eigenvalue weighted by Crippen LogP contribution is 2.33. The minimum Gasteiger partial charge on any atom is -0.444 e. The quantitative estimate of drug-likeness (QED) is 0.305. The summed E-state index contributed by atoms with van der Waals surface area (Å²) in [6.07, 6.45) is 0.310. The van der Waals surface area contributed by atoms with E-state index in [2.05, 4.69) is 22.5 Å². The lowest BCUT2D eigenvalue weighted by Gasteiger charge is -2.35. The topological polar surface area (TPSA) is 95.5 Å². The number of carbonyl (C=O) groups excluding carboxylic acids is 2. The number of nitrogens with one attached hydrogen (secondary N) is 2. The van der Waals surface area contributed by atoms with Crippen molar-refractivity contribution in [3.05, 3.63) is 0 Å². The zero-order valence-electron chi connectivity index (χ0n) is 19.9. The fourth-order valence-electron chi connectivity index (χ4n) is 3.03. The second-order valence-electron chi connectivity index (χ2n) is 8.95. The third-order valence-corrected chi connectivity index (χ3v) is 4.41. The third-order valence-electron chi connectivity index (χ3n) is 4.41. The number of hydrogen-bond donors (Lipinski definition) is 2. The molecular formula is C20H40IN5O4. The van der Waals surface area contributed by atoms with Gasteiger partial charge in [-0.05, 0) is 48.0 Å². The molecule has 0 saturated carbocycles. The Balaban J connectivity index is 0.00000841. The Hall–Kier alpha value is -1.30. The SMILES string of the molecule is CCCNC(=NCC(=O)N(C)C)NCC1C(C)OC(C)(C)N1C(=O)OC(C)(C)C.I. The van der Waals surface area contributed by atoms with Gasteiger partial charge in [0.1, 0.15) is 17.9 Å². The summed E-state index contributed by atoms with van der Waals surface area (Å²) in [6.45, 7) is 14.4. The van der Waals surface area contributed by atoms with Gasteiger partial charge in [-0.3, -0.25) is 9.69 Å². The summed E-state index contributed by atoms with van der Waals surface area (Å²) < 4.78 is 11.6. The highest BCUT2D eigenvalue weighted by molar-refractivity contribution is 14.0. The van der Waals surface area contributed by atoms with Gasteiger partial charge < -0.3 is 25.0 Å². The number of likely N-dealkylation sites (N-methyl/N-ethyl adjacent to an activating group) is 1. The maximum Gasteiger partial charge on any atom is 0.412 e. The summed E-state index contributed by atoms with van der Waals surface area (Å²) in [7, 11) is 3.39. The smallest absolute Gasteiger partial charge is 0.412 e. The summed E-state index contributed by atoms with van der Waals surface area (Å²) in [4.78, 5) is 32.2. The lowest BCUT2D eigenvalue weighted by molar-refractivity contribution is -0.127. The molecule has 2 amide bonds. The molecule has 0 aromatic rings. The number of aliphatic imine (C=N–C) groups is 1. The van der Waals surface area contributed by atoms with Crippen molar-refractivity contribution in [2.24, 2.45) is 4.99 Å². The van der Waals surface area contributed by atoms with Crippen molar-refractivity contribution in [2.45, 2.75) is 78.4 Å². The molecule has 1 aliphatic heterocycles. The lowest BCUT2D eigenvalue weighted by atomic mass is 10.1. The number of guanidine groups is 1. The van der Waals surface area contributed by atoms with Gasteiger partial charge in [-0.15, -0.1) is 24.0 Å². The van der Waals surface area contributed by atoms with Crippen LogP contribution in [0, 0.1) is 0 Å². The molecule has 0 aromatic heterocycles.